The molecule has 4 heterocycles. The fraction of sp³-hybridized carbons (Fsp3) is 0.320. The monoisotopic (exact) mass is 605 g/mol. The van der Waals surface area contributed by atoms with Gasteiger partial charge in [0.25, 0.3) is 5.91 Å². The topological polar surface area (TPSA) is 167 Å². The summed E-state index contributed by atoms with van der Waals surface area (Å²) in [6.07, 6.45) is -4.06. The molecular weight excluding hydrogens is 583 g/mol. The van der Waals surface area contributed by atoms with Crippen LogP contribution in [0.5, 0.6) is 0 Å². The molecule has 0 radical (unpaired) electrons. The van der Waals surface area contributed by atoms with Crippen LogP contribution in [0, 0.1) is 0 Å². The number of nitrogens with zero attached hydrogens (tertiary/aromatic N) is 8. The molecule has 1 unspecified atom stereocenters. The minimum Gasteiger partial charge on any atom is -0.382 e. The van der Waals surface area contributed by atoms with Crippen molar-refractivity contribution in [3.8, 4) is 17.1 Å². The van der Waals surface area contributed by atoms with E-state index < -0.39 is 42.4 Å². The molecule has 1 aliphatic rings. The standard InChI is InChI=1S/C25H23ClF3N9O4/c26-15-7-5-14(6-8-15)22-34-37(24(42)36(22)11-18(39)25(27,28)29)12-19-32-13-38(33-19)16-3-1-9-31-20(16)23(41)35-10-2-4-17(35)21(30)40/h1,3,5-9,13,17-18,39H,2,4,10-12H2,(H2,30,40)/t17?,18-/m0/s1. The highest BCUT2D eigenvalue weighted by Crippen LogP contribution is 2.25. The van der Waals surface area contributed by atoms with E-state index >= 15 is 0 Å². The molecule has 3 N–H and O–H groups in total. The van der Waals surface area contributed by atoms with E-state index in [0.717, 1.165) is 4.68 Å². The van der Waals surface area contributed by atoms with Crippen molar-refractivity contribution in [2.45, 2.75) is 44.3 Å². The largest absolute Gasteiger partial charge is 0.416 e. The number of alkyl halides is 3. The average Bonchev–Trinajstić information content (AvgIpc) is 3.69. The number of aromatic nitrogens is 7. The van der Waals surface area contributed by atoms with Gasteiger partial charge in [0.2, 0.25) is 5.91 Å². The summed E-state index contributed by atoms with van der Waals surface area (Å²) in [7, 11) is 0. The van der Waals surface area contributed by atoms with E-state index in [0.29, 0.717) is 29.0 Å². The normalized spacial score (nSPS) is 16.1. The Morgan fingerprint density at radius 3 is 2.57 bits per heavy atom. The van der Waals surface area contributed by atoms with Crippen LogP contribution < -0.4 is 11.4 Å². The van der Waals surface area contributed by atoms with Gasteiger partial charge in [0.1, 0.15) is 18.9 Å². The summed E-state index contributed by atoms with van der Waals surface area (Å²) in [6, 6.07) is 8.28. The van der Waals surface area contributed by atoms with Crippen LogP contribution in [0.25, 0.3) is 17.1 Å². The van der Waals surface area contributed by atoms with Gasteiger partial charge < -0.3 is 15.7 Å². The van der Waals surface area contributed by atoms with E-state index in [1.54, 1.807) is 12.1 Å². The number of pyridine rings is 1. The Morgan fingerprint density at radius 1 is 1.14 bits per heavy atom. The Morgan fingerprint density at radius 2 is 1.88 bits per heavy atom. The van der Waals surface area contributed by atoms with E-state index in [1.807, 2.05) is 0 Å². The molecule has 13 nitrogen and oxygen atoms in total. The number of aliphatic hydroxyl groups excluding tert-OH is 1. The predicted molar refractivity (Wildman–Crippen MR) is 141 cm³/mol. The van der Waals surface area contributed by atoms with Gasteiger partial charge in [0.05, 0.1) is 12.2 Å². The van der Waals surface area contributed by atoms with Gasteiger partial charge in [0, 0.05) is 23.3 Å². The fourth-order valence-corrected chi connectivity index (χ4v) is 4.73. The fourth-order valence-electron chi connectivity index (χ4n) is 4.61. The molecule has 1 fully saturated rings. The molecule has 2 atom stereocenters. The van der Waals surface area contributed by atoms with Gasteiger partial charge in [-0.2, -0.15) is 13.2 Å². The lowest BCUT2D eigenvalue weighted by Crippen LogP contribution is -2.44. The van der Waals surface area contributed by atoms with Crippen LogP contribution in [-0.4, -0.2) is 80.8 Å². The van der Waals surface area contributed by atoms with Gasteiger partial charge >= 0.3 is 11.9 Å². The number of amides is 2. The molecule has 17 heteroatoms. The van der Waals surface area contributed by atoms with Crippen LogP contribution in [0.4, 0.5) is 13.2 Å². The first-order valence-electron chi connectivity index (χ1n) is 12.6. The van der Waals surface area contributed by atoms with Gasteiger partial charge in [0.15, 0.2) is 23.4 Å². The van der Waals surface area contributed by atoms with Crippen molar-refractivity contribution in [1.82, 2.24) is 39.0 Å². The first-order chi connectivity index (χ1) is 19.9. The van der Waals surface area contributed by atoms with Crippen LogP contribution >= 0.6 is 11.6 Å². The van der Waals surface area contributed by atoms with Crippen LogP contribution in [0.1, 0.15) is 29.2 Å². The Balaban J connectivity index is 1.46. The minimum atomic E-state index is -4.97. The summed E-state index contributed by atoms with van der Waals surface area (Å²) in [5.41, 5.74) is 5.04. The third-order valence-electron chi connectivity index (χ3n) is 6.67. The zero-order valence-corrected chi connectivity index (χ0v) is 22.4. The molecule has 1 aliphatic heterocycles. The molecular formula is C25H23ClF3N9O4. The molecule has 5 rings (SSSR count). The van der Waals surface area contributed by atoms with Gasteiger partial charge in [-0.25, -0.2) is 24.1 Å². The molecule has 1 saturated heterocycles. The van der Waals surface area contributed by atoms with Crippen molar-refractivity contribution in [1.29, 1.82) is 0 Å². The first-order valence-corrected chi connectivity index (χ1v) is 13.0. The van der Waals surface area contributed by atoms with Crippen molar-refractivity contribution in [3.05, 3.63) is 75.9 Å². The number of aliphatic hydroxyl groups is 1. The van der Waals surface area contributed by atoms with Crippen LogP contribution in [0.15, 0.2) is 53.7 Å². The number of benzene rings is 1. The Labute approximate surface area is 240 Å². The van der Waals surface area contributed by atoms with Gasteiger partial charge in [-0.15, -0.1) is 10.2 Å². The summed E-state index contributed by atoms with van der Waals surface area (Å²) in [4.78, 5) is 47.9. The van der Waals surface area contributed by atoms with Gasteiger partial charge in [-0.1, -0.05) is 11.6 Å². The van der Waals surface area contributed by atoms with Crippen molar-refractivity contribution < 1.29 is 27.9 Å². The summed E-state index contributed by atoms with van der Waals surface area (Å²) >= 11 is 5.92. The molecule has 0 aliphatic carbocycles. The van der Waals surface area contributed by atoms with Crippen molar-refractivity contribution in [3.63, 3.8) is 0 Å². The first kappa shape index (κ1) is 28.9. The number of hydrogen-bond acceptors (Lipinski definition) is 8. The van der Waals surface area contributed by atoms with E-state index in [2.05, 4.69) is 20.2 Å². The van der Waals surface area contributed by atoms with E-state index in [1.165, 1.54) is 46.4 Å². The highest BCUT2D eigenvalue weighted by atomic mass is 35.5. The smallest absolute Gasteiger partial charge is 0.382 e. The number of rotatable bonds is 8. The molecule has 0 spiro atoms. The SMILES string of the molecule is NC(=O)C1CCCN1C(=O)c1ncccc1-n1cnc(Cn2nc(-c3ccc(Cl)cc3)n(C[C@H](O)C(F)(F)F)c2=O)n1. The van der Waals surface area contributed by atoms with Gasteiger partial charge in [-0.3, -0.25) is 14.2 Å². The zero-order chi connectivity index (χ0) is 30.2. The average molecular weight is 606 g/mol. The zero-order valence-electron chi connectivity index (χ0n) is 21.6. The number of halogens is 4. The highest BCUT2D eigenvalue weighted by Gasteiger charge is 2.39. The van der Waals surface area contributed by atoms with Crippen LogP contribution in [-0.2, 0) is 17.9 Å². The maximum atomic E-state index is 13.3. The highest BCUT2D eigenvalue weighted by molar-refractivity contribution is 6.30. The lowest BCUT2D eigenvalue weighted by atomic mass is 10.2. The Kier molecular flexibility index (Phi) is 7.83. The van der Waals surface area contributed by atoms with Crippen molar-refractivity contribution >= 4 is 23.4 Å². The number of hydrogen-bond donors (Lipinski definition) is 2. The maximum absolute atomic E-state index is 13.3. The molecule has 220 valence electrons. The Hall–Kier alpha value is -4.57. The molecule has 0 bridgehead atoms. The number of primary amides is 1. The van der Waals surface area contributed by atoms with Crippen molar-refractivity contribution in [2.24, 2.45) is 5.73 Å². The van der Waals surface area contributed by atoms with Gasteiger partial charge in [-0.05, 0) is 49.2 Å². The lowest BCUT2D eigenvalue weighted by molar-refractivity contribution is -0.207. The van der Waals surface area contributed by atoms with Crippen molar-refractivity contribution in [2.75, 3.05) is 6.54 Å². The van der Waals surface area contributed by atoms with Crippen LogP contribution in [0.3, 0.4) is 0 Å². The lowest BCUT2D eigenvalue weighted by Gasteiger charge is -2.22. The number of carbonyl (C=O) groups is 2. The van der Waals surface area contributed by atoms with E-state index in [4.69, 9.17) is 17.3 Å². The summed E-state index contributed by atoms with van der Waals surface area (Å²) in [6.45, 7) is -1.11. The third-order valence-corrected chi connectivity index (χ3v) is 6.92. The third kappa shape index (κ3) is 5.75. The second kappa shape index (κ2) is 11.4. The molecule has 0 saturated carbocycles. The van der Waals surface area contributed by atoms with E-state index in [-0.39, 0.29) is 35.1 Å². The van der Waals surface area contributed by atoms with E-state index in [9.17, 15) is 32.7 Å². The number of nitrogens with two attached hydrogens (primary N) is 1. The number of carbonyl (C=O) groups excluding carboxylic acids is 2. The maximum Gasteiger partial charge on any atom is 0.416 e. The molecule has 42 heavy (non-hydrogen) atoms. The molecule has 4 aromatic rings. The summed E-state index contributed by atoms with van der Waals surface area (Å²) < 4.78 is 42.2. The number of likely N-dealkylation sites (tertiary alicyclic amines) is 1. The molecule has 1 aromatic carbocycles. The van der Waals surface area contributed by atoms with Crippen LogP contribution in [0.2, 0.25) is 5.02 Å². The predicted octanol–water partition coefficient (Wildman–Crippen LogP) is 1.40. The summed E-state index contributed by atoms with van der Waals surface area (Å²) in [5.74, 6) is -1.23. The Bertz CT molecular complexity index is 1680. The molecule has 3 aromatic heterocycles. The summed E-state index contributed by atoms with van der Waals surface area (Å²) in [5, 5.41) is 18.5. The second-order valence-electron chi connectivity index (χ2n) is 9.47. The minimum absolute atomic E-state index is 0.00490. The quantitative estimate of drug-likeness (QED) is 0.304. The molecule has 2 amide bonds. The second-order valence-corrected chi connectivity index (χ2v) is 9.91.